The van der Waals surface area contributed by atoms with Gasteiger partial charge in [0.1, 0.15) is 5.76 Å². The lowest BCUT2D eigenvalue weighted by Crippen LogP contribution is -1.85. The average molecular weight is 238 g/mol. The van der Waals surface area contributed by atoms with Crippen molar-refractivity contribution < 1.29 is 4.42 Å². The summed E-state index contributed by atoms with van der Waals surface area (Å²) in [5.41, 5.74) is 7.38. The Labute approximate surface area is 84.5 Å². The summed E-state index contributed by atoms with van der Waals surface area (Å²) in [6.45, 7) is 0. The SMILES string of the molecule is Nc1ccc(Br)c(-c2ccco2)c1. The van der Waals surface area contributed by atoms with Crippen molar-refractivity contribution in [2.75, 3.05) is 5.73 Å². The van der Waals surface area contributed by atoms with Crippen molar-refractivity contribution in [1.29, 1.82) is 0 Å². The van der Waals surface area contributed by atoms with Gasteiger partial charge in [-0.15, -0.1) is 0 Å². The van der Waals surface area contributed by atoms with Gasteiger partial charge in [-0.25, -0.2) is 0 Å². The van der Waals surface area contributed by atoms with E-state index in [9.17, 15) is 0 Å². The molecule has 0 radical (unpaired) electrons. The topological polar surface area (TPSA) is 39.2 Å². The van der Waals surface area contributed by atoms with Crippen molar-refractivity contribution >= 4 is 21.6 Å². The fourth-order valence-electron chi connectivity index (χ4n) is 1.16. The number of rotatable bonds is 1. The molecule has 2 aromatic rings. The van der Waals surface area contributed by atoms with Gasteiger partial charge in [0.05, 0.1) is 6.26 Å². The molecular weight excluding hydrogens is 230 g/mol. The van der Waals surface area contributed by atoms with Crippen LogP contribution in [0, 0.1) is 0 Å². The predicted molar refractivity (Wildman–Crippen MR) is 56.3 cm³/mol. The maximum atomic E-state index is 5.67. The van der Waals surface area contributed by atoms with Crippen LogP contribution in [0.15, 0.2) is 45.5 Å². The van der Waals surface area contributed by atoms with E-state index >= 15 is 0 Å². The Kier molecular flexibility index (Phi) is 2.10. The average Bonchev–Trinajstić information content (AvgIpc) is 2.61. The summed E-state index contributed by atoms with van der Waals surface area (Å²) in [4.78, 5) is 0. The highest BCUT2D eigenvalue weighted by molar-refractivity contribution is 9.10. The molecule has 0 saturated carbocycles. The highest BCUT2D eigenvalue weighted by Gasteiger charge is 2.05. The maximum Gasteiger partial charge on any atom is 0.135 e. The highest BCUT2D eigenvalue weighted by atomic mass is 79.9. The van der Waals surface area contributed by atoms with Crippen molar-refractivity contribution in [1.82, 2.24) is 0 Å². The zero-order chi connectivity index (χ0) is 9.26. The third kappa shape index (κ3) is 1.60. The Morgan fingerprint density at radius 1 is 1.23 bits per heavy atom. The maximum absolute atomic E-state index is 5.67. The molecule has 0 saturated heterocycles. The van der Waals surface area contributed by atoms with Crippen LogP contribution in [0.25, 0.3) is 11.3 Å². The monoisotopic (exact) mass is 237 g/mol. The van der Waals surface area contributed by atoms with E-state index in [1.54, 1.807) is 6.26 Å². The van der Waals surface area contributed by atoms with E-state index in [-0.39, 0.29) is 0 Å². The second kappa shape index (κ2) is 3.26. The van der Waals surface area contributed by atoms with Crippen LogP contribution in [0.5, 0.6) is 0 Å². The number of anilines is 1. The van der Waals surface area contributed by atoms with Gasteiger partial charge in [-0.3, -0.25) is 0 Å². The molecule has 0 bridgehead atoms. The molecule has 2 N–H and O–H groups in total. The number of nitrogens with two attached hydrogens (primary N) is 1. The summed E-state index contributed by atoms with van der Waals surface area (Å²) in [5, 5.41) is 0. The summed E-state index contributed by atoms with van der Waals surface area (Å²) in [5.74, 6) is 0.819. The largest absolute Gasteiger partial charge is 0.464 e. The molecule has 66 valence electrons. The fraction of sp³-hybridized carbons (Fsp3) is 0. The van der Waals surface area contributed by atoms with E-state index in [2.05, 4.69) is 15.9 Å². The van der Waals surface area contributed by atoms with Crippen LogP contribution >= 0.6 is 15.9 Å². The van der Waals surface area contributed by atoms with Gasteiger partial charge >= 0.3 is 0 Å². The van der Waals surface area contributed by atoms with Gasteiger partial charge in [0.15, 0.2) is 0 Å². The third-order valence-corrected chi connectivity index (χ3v) is 2.47. The lowest BCUT2D eigenvalue weighted by molar-refractivity contribution is 0.582. The van der Waals surface area contributed by atoms with E-state index in [1.165, 1.54) is 0 Å². The number of furan rings is 1. The third-order valence-electron chi connectivity index (χ3n) is 1.78. The molecule has 1 aromatic carbocycles. The number of halogens is 1. The molecule has 0 aliphatic rings. The minimum Gasteiger partial charge on any atom is -0.464 e. The second-order valence-corrected chi connectivity index (χ2v) is 3.57. The minimum atomic E-state index is 0.731. The van der Waals surface area contributed by atoms with Crippen LogP contribution in [-0.4, -0.2) is 0 Å². The molecule has 0 unspecified atom stereocenters. The first kappa shape index (κ1) is 8.38. The van der Waals surface area contributed by atoms with Crippen LogP contribution in [0.1, 0.15) is 0 Å². The zero-order valence-corrected chi connectivity index (χ0v) is 8.41. The van der Waals surface area contributed by atoms with Gasteiger partial charge in [0.2, 0.25) is 0 Å². The van der Waals surface area contributed by atoms with Gasteiger partial charge < -0.3 is 10.2 Å². The summed E-state index contributed by atoms with van der Waals surface area (Å²) in [6, 6.07) is 9.39. The Morgan fingerprint density at radius 3 is 2.77 bits per heavy atom. The van der Waals surface area contributed by atoms with Crippen molar-refractivity contribution in [3.63, 3.8) is 0 Å². The molecule has 1 heterocycles. The summed E-state index contributed by atoms with van der Waals surface area (Å²) in [6.07, 6.45) is 1.64. The first-order valence-corrected chi connectivity index (χ1v) is 4.65. The lowest BCUT2D eigenvalue weighted by Gasteiger charge is -2.01. The Bertz CT molecular complexity index is 409. The van der Waals surface area contributed by atoms with Crippen molar-refractivity contribution in [3.8, 4) is 11.3 Å². The molecule has 13 heavy (non-hydrogen) atoms. The predicted octanol–water partition coefficient (Wildman–Crippen LogP) is 3.29. The second-order valence-electron chi connectivity index (χ2n) is 2.72. The van der Waals surface area contributed by atoms with Gasteiger partial charge in [-0.05, 0) is 30.3 Å². The van der Waals surface area contributed by atoms with E-state index in [1.807, 2.05) is 30.3 Å². The molecule has 0 amide bonds. The first-order valence-electron chi connectivity index (χ1n) is 3.86. The zero-order valence-electron chi connectivity index (χ0n) is 6.83. The lowest BCUT2D eigenvalue weighted by atomic mass is 10.1. The molecule has 0 spiro atoms. The highest BCUT2D eigenvalue weighted by Crippen LogP contribution is 2.30. The summed E-state index contributed by atoms with van der Waals surface area (Å²) in [7, 11) is 0. The fourth-order valence-corrected chi connectivity index (χ4v) is 1.61. The molecule has 0 fully saturated rings. The van der Waals surface area contributed by atoms with Crippen LogP contribution in [0.4, 0.5) is 5.69 Å². The number of benzene rings is 1. The molecular formula is C10H8BrNO. The number of hydrogen-bond acceptors (Lipinski definition) is 2. The van der Waals surface area contributed by atoms with Crippen LogP contribution in [0.3, 0.4) is 0 Å². The van der Waals surface area contributed by atoms with E-state index in [0.717, 1.165) is 21.5 Å². The molecule has 2 rings (SSSR count). The molecule has 1 aromatic heterocycles. The van der Waals surface area contributed by atoms with E-state index in [0.29, 0.717) is 0 Å². The number of nitrogen functional groups attached to an aromatic ring is 1. The molecule has 0 aliphatic carbocycles. The van der Waals surface area contributed by atoms with Crippen molar-refractivity contribution in [2.45, 2.75) is 0 Å². The molecule has 0 atom stereocenters. The van der Waals surface area contributed by atoms with Crippen molar-refractivity contribution in [3.05, 3.63) is 41.1 Å². The quantitative estimate of drug-likeness (QED) is 0.774. The smallest absolute Gasteiger partial charge is 0.135 e. The molecule has 2 nitrogen and oxygen atoms in total. The normalized spacial score (nSPS) is 10.2. The van der Waals surface area contributed by atoms with E-state index in [4.69, 9.17) is 10.2 Å². The Balaban J connectivity index is 2.57. The van der Waals surface area contributed by atoms with Crippen LogP contribution in [-0.2, 0) is 0 Å². The Morgan fingerprint density at radius 2 is 2.08 bits per heavy atom. The first-order chi connectivity index (χ1) is 6.27. The van der Waals surface area contributed by atoms with Gasteiger partial charge in [0.25, 0.3) is 0 Å². The number of hydrogen-bond donors (Lipinski definition) is 1. The van der Waals surface area contributed by atoms with E-state index < -0.39 is 0 Å². The minimum absolute atomic E-state index is 0.731. The van der Waals surface area contributed by atoms with Gasteiger partial charge in [0, 0.05) is 15.7 Å². The summed E-state index contributed by atoms with van der Waals surface area (Å²) >= 11 is 3.44. The van der Waals surface area contributed by atoms with Crippen molar-refractivity contribution in [2.24, 2.45) is 0 Å². The van der Waals surface area contributed by atoms with Gasteiger partial charge in [-0.2, -0.15) is 0 Å². The van der Waals surface area contributed by atoms with Crippen LogP contribution in [0.2, 0.25) is 0 Å². The van der Waals surface area contributed by atoms with Gasteiger partial charge in [-0.1, -0.05) is 15.9 Å². The molecule has 3 heteroatoms. The Hall–Kier alpha value is -1.22. The van der Waals surface area contributed by atoms with Crippen LogP contribution < -0.4 is 5.73 Å². The standard InChI is InChI=1S/C10H8BrNO/c11-9-4-3-7(12)6-8(9)10-2-1-5-13-10/h1-6H,12H2. The summed E-state index contributed by atoms with van der Waals surface area (Å²) < 4.78 is 6.25. The molecule has 0 aliphatic heterocycles.